The second-order valence-electron chi connectivity index (χ2n) is 9.00. The van der Waals surface area contributed by atoms with E-state index in [-0.39, 0.29) is 21.2 Å². The highest BCUT2D eigenvalue weighted by molar-refractivity contribution is 6.40. The summed E-state index contributed by atoms with van der Waals surface area (Å²) in [4.78, 5) is 0. The fraction of sp³-hybridized carbons (Fsp3) is 0. The van der Waals surface area contributed by atoms with Crippen LogP contribution in [0.5, 0.6) is 0 Å². The van der Waals surface area contributed by atoms with Gasteiger partial charge in [-0.1, -0.05) is 83.9 Å². The molecule has 0 radical (unpaired) electrons. The van der Waals surface area contributed by atoms with E-state index in [2.05, 4.69) is 12.1 Å². The summed E-state index contributed by atoms with van der Waals surface area (Å²) in [5.41, 5.74) is 5.10. The first-order valence-electron chi connectivity index (χ1n) is 11.9. The molecular weight excluding hydrogens is 513 g/mol. The van der Waals surface area contributed by atoms with Gasteiger partial charge in [-0.05, 0) is 35.9 Å². The van der Waals surface area contributed by atoms with Crippen LogP contribution < -0.4 is 0 Å². The van der Waals surface area contributed by atoms with E-state index in [1.54, 1.807) is 0 Å². The number of furan rings is 1. The van der Waals surface area contributed by atoms with E-state index in [9.17, 15) is 10.5 Å². The molecule has 0 bridgehead atoms. The molecule has 0 spiro atoms. The molecule has 0 unspecified atom stereocenters. The number of para-hydroxylation sites is 3. The Hall–Kier alpha value is -4.74. The Kier molecular flexibility index (Phi) is 4.96. The van der Waals surface area contributed by atoms with Crippen molar-refractivity contribution in [3.63, 3.8) is 0 Å². The summed E-state index contributed by atoms with van der Waals surface area (Å²) in [6.07, 6.45) is 0. The van der Waals surface area contributed by atoms with Crippen molar-refractivity contribution in [2.45, 2.75) is 0 Å². The first-order valence-corrected chi connectivity index (χ1v) is 12.6. The molecule has 0 atom stereocenters. The minimum Gasteiger partial charge on any atom is -0.456 e. The molecule has 2 heterocycles. The van der Waals surface area contributed by atoms with Gasteiger partial charge in [0, 0.05) is 27.1 Å². The van der Waals surface area contributed by atoms with E-state index >= 15 is 0 Å². The summed E-state index contributed by atoms with van der Waals surface area (Å²) < 4.78 is 7.91. The first-order chi connectivity index (χ1) is 18.6. The molecule has 0 aliphatic heterocycles. The average molecular weight is 528 g/mol. The molecule has 0 aliphatic carbocycles. The molecule has 0 amide bonds. The van der Waals surface area contributed by atoms with Gasteiger partial charge in [-0.3, -0.25) is 0 Å². The molecule has 7 aromatic rings. The third kappa shape index (κ3) is 3.03. The maximum atomic E-state index is 10.4. The largest absolute Gasteiger partial charge is 0.456 e. The highest BCUT2D eigenvalue weighted by Crippen LogP contribution is 2.45. The fourth-order valence-corrected chi connectivity index (χ4v) is 6.10. The molecule has 0 N–H and O–H groups in total. The summed E-state index contributed by atoms with van der Waals surface area (Å²) in [5, 5.41) is 24.9. The molecule has 178 valence electrons. The number of nitriles is 2. The van der Waals surface area contributed by atoms with Gasteiger partial charge in [0.15, 0.2) is 0 Å². The van der Waals surface area contributed by atoms with Gasteiger partial charge in [-0.25, -0.2) is 0 Å². The van der Waals surface area contributed by atoms with Gasteiger partial charge in [-0.15, -0.1) is 0 Å². The lowest BCUT2D eigenvalue weighted by Gasteiger charge is -2.18. The zero-order chi connectivity index (χ0) is 26.0. The van der Waals surface area contributed by atoms with Crippen LogP contribution in [0, 0.1) is 22.7 Å². The highest BCUT2D eigenvalue weighted by atomic mass is 35.5. The minimum atomic E-state index is 0.190. The third-order valence-electron chi connectivity index (χ3n) is 7.05. The number of nitrogens with zero attached hydrogens (tertiary/aromatic N) is 3. The molecule has 5 aromatic carbocycles. The first kappa shape index (κ1) is 22.5. The Bertz CT molecular complexity index is 2100. The normalized spacial score (nSPS) is 11.4. The molecule has 4 nitrogen and oxygen atoms in total. The molecular formula is C32H15Cl2N3O. The molecule has 0 aliphatic rings. The molecule has 0 fully saturated rings. The summed E-state index contributed by atoms with van der Waals surface area (Å²) in [7, 11) is 0. The summed E-state index contributed by atoms with van der Waals surface area (Å²) >= 11 is 14.1. The van der Waals surface area contributed by atoms with E-state index in [1.807, 2.05) is 95.6 Å². The minimum absolute atomic E-state index is 0.190. The van der Waals surface area contributed by atoms with Gasteiger partial charge in [0.05, 0.1) is 37.9 Å². The van der Waals surface area contributed by atoms with Gasteiger partial charge in [0.1, 0.15) is 23.3 Å². The van der Waals surface area contributed by atoms with Gasteiger partial charge in [0.25, 0.3) is 0 Å². The monoisotopic (exact) mass is 527 g/mol. The summed E-state index contributed by atoms with van der Waals surface area (Å²) in [5.74, 6) is 0. The molecule has 0 saturated carbocycles. The molecule has 0 saturated heterocycles. The number of rotatable bonds is 2. The van der Waals surface area contributed by atoms with Crippen molar-refractivity contribution >= 4 is 66.9 Å². The van der Waals surface area contributed by atoms with Crippen molar-refractivity contribution in [3.8, 4) is 29.0 Å². The predicted molar refractivity (Wildman–Crippen MR) is 153 cm³/mol. The summed E-state index contributed by atoms with van der Waals surface area (Å²) in [6.45, 7) is 0. The molecule has 2 aromatic heterocycles. The van der Waals surface area contributed by atoms with Crippen LogP contribution in [0.1, 0.15) is 11.1 Å². The fourth-order valence-electron chi connectivity index (χ4n) is 5.42. The van der Waals surface area contributed by atoms with E-state index in [0.717, 1.165) is 38.2 Å². The van der Waals surface area contributed by atoms with Crippen molar-refractivity contribution in [1.29, 1.82) is 10.5 Å². The van der Waals surface area contributed by atoms with Crippen LogP contribution in [-0.4, -0.2) is 4.57 Å². The van der Waals surface area contributed by atoms with Gasteiger partial charge < -0.3 is 8.98 Å². The number of halogens is 2. The smallest absolute Gasteiger partial charge is 0.135 e. The highest BCUT2D eigenvalue weighted by Gasteiger charge is 2.27. The standard InChI is InChI=1S/C32H15Cl2N3O/c33-30-23(16-35)29(18-13-14-28-22(15-18)21-9-3-6-12-27(21)38-28)24(17-36)31(34)32(30)37-25-10-4-1-7-19(25)20-8-2-5-11-26(20)37/h1-15H. The zero-order valence-electron chi connectivity index (χ0n) is 19.7. The SMILES string of the molecule is N#Cc1c(Cl)c(-n2c3ccccc3c3ccccc32)c(Cl)c(C#N)c1-c1ccc2oc3ccccc3c2c1. The molecule has 7 rings (SSSR count). The van der Waals surface area contributed by atoms with Gasteiger partial charge >= 0.3 is 0 Å². The zero-order valence-corrected chi connectivity index (χ0v) is 21.2. The van der Waals surface area contributed by atoms with Crippen molar-refractivity contribution in [1.82, 2.24) is 4.57 Å². The lowest BCUT2D eigenvalue weighted by Crippen LogP contribution is -2.03. The number of hydrogen-bond acceptors (Lipinski definition) is 3. The number of fused-ring (bicyclic) bond motifs is 6. The van der Waals surface area contributed by atoms with Crippen molar-refractivity contribution in [2.24, 2.45) is 0 Å². The van der Waals surface area contributed by atoms with Crippen molar-refractivity contribution < 1.29 is 4.42 Å². The van der Waals surface area contributed by atoms with Crippen molar-refractivity contribution in [2.75, 3.05) is 0 Å². The Balaban J connectivity index is 1.59. The maximum absolute atomic E-state index is 10.4. The predicted octanol–water partition coefficient (Wildman–Crippen LogP) is 9.40. The van der Waals surface area contributed by atoms with Crippen LogP contribution in [0.3, 0.4) is 0 Å². The Labute approximate surface area is 227 Å². The van der Waals surface area contributed by atoms with E-state index < -0.39 is 0 Å². The van der Waals surface area contributed by atoms with E-state index in [0.29, 0.717) is 22.4 Å². The van der Waals surface area contributed by atoms with Gasteiger partial charge in [0.2, 0.25) is 0 Å². The summed E-state index contributed by atoms with van der Waals surface area (Å²) in [6, 6.07) is 33.7. The van der Waals surface area contributed by atoms with Crippen LogP contribution >= 0.6 is 23.2 Å². The van der Waals surface area contributed by atoms with E-state index in [4.69, 9.17) is 27.6 Å². The second-order valence-corrected chi connectivity index (χ2v) is 9.76. The molecule has 6 heteroatoms. The van der Waals surface area contributed by atoms with Crippen LogP contribution in [0.2, 0.25) is 10.0 Å². The lowest BCUT2D eigenvalue weighted by molar-refractivity contribution is 0.669. The van der Waals surface area contributed by atoms with Gasteiger partial charge in [-0.2, -0.15) is 10.5 Å². The molecule has 38 heavy (non-hydrogen) atoms. The second kappa shape index (κ2) is 8.40. The Morgan fingerprint density at radius 2 is 1.13 bits per heavy atom. The van der Waals surface area contributed by atoms with Crippen LogP contribution in [0.4, 0.5) is 0 Å². The average Bonchev–Trinajstić information content (AvgIpc) is 3.49. The Morgan fingerprint density at radius 3 is 1.74 bits per heavy atom. The lowest BCUT2D eigenvalue weighted by atomic mass is 9.93. The van der Waals surface area contributed by atoms with Crippen LogP contribution in [0.15, 0.2) is 95.4 Å². The topological polar surface area (TPSA) is 65.7 Å². The van der Waals surface area contributed by atoms with Crippen LogP contribution in [0.25, 0.3) is 60.6 Å². The maximum Gasteiger partial charge on any atom is 0.135 e. The third-order valence-corrected chi connectivity index (χ3v) is 7.78. The van der Waals surface area contributed by atoms with Crippen molar-refractivity contribution in [3.05, 3.63) is 112 Å². The quantitative estimate of drug-likeness (QED) is 0.225. The number of aromatic nitrogens is 1. The number of benzene rings is 5. The van der Waals surface area contributed by atoms with Crippen LogP contribution in [-0.2, 0) is 0 Å². The van der Waals surface area contributed by atoms with E-state index in [1.165, 1.54) is 0 Å². The Morgan fingerprint density at radius 1 is 0.605 bits per heavy atom. The number of hydrogen-bond donors (Lipinski definition) is 0.